The van der Waals surface area contributed by atoms with E-state index in [9.17, 15) is 9.90 Å². The SMILES string of the molecule is CC(C)C1CN(c2c(Br)cccc2C(=O)O)C1. The Kier molecular flexibility index (Phi) is 3.43. The molecule has 4 heteroatoms. The largest absolute Gasteiger partial charge is 0.478 e. The third-order valence-corrected chi connectivity index (χ3v) is 4.03. The van der Waals surface area contributed by atoms with Crippen LogP contribution in [0.25, 0.3) is 0 Å². The van der Waals surface area contributed by atoms with E-state index in [0.717, 1.165) is 23.2 Å². The minimum absolute atomic E-state index is 0.376. The molecule has 1 aliphatic rings. The minimum atomic E-state index is -0.866. The highest BCUT2D eigenvalue weighted by Gasteiger charge is 2.32. The molecule has 0 unspecified atom stereocenters. The van der Waals surface area contributed by atoms with Crippen LogP contribution >= 0.6 is 15.9 Å². The number of hydrogen-bond donors (Lipinski definition) is 1. The number of benzene rings is 1. The third-order valence-electron chi connectivity index (χ3n) is 3.39. The smallest absolute Gasteiger partial charge is 0.337 e. The zero-order valence-electron chi connectivity index (χ0n) is 9.98. The van der Waals surface area contributed by atoms with E-state index in [1.54, 1.807) is 12.1 Å². The van der Waals surface area contributed by atoms with E-state index in [-0.39, 0.29) is 0 Å². The van der Waals surface area contributed by atoms with Crippen molar-refractivity contribution in [1.29, 1.82) is 0 Å². The molecule has 0 spiro atoms. The molecule has 0 bridgehead atoms. The molecule has 1 heterocycles. The predicted molar refractivity (Wildman–Crippen MR) is 71.6 cm³/mol. The van der Waals surface area contributed by atoms with Gasteiger partial charge in [-0.15, -0.1) is 0 Å². The second-order valence-corrected chi connectivity index (χ2v) is 5.70. The summed E-state index contributed by atoms with van der Waals surface area (Å²) < 4.78 is 0.861. The number of para-hydroxylation sites is 1. The van der Waals surface area contributed by atoms with E-state index in [1.807, 2.05) is 6.07 Å². The second-order valence-electron chi connectivity index (χ2n) is 4.85. The number of nitrogens with zero attached hydrogens (tertiary/aromatic N) is 1. The van der Waals surface area contributed by atoms with Gasteiger partial charge in [0.2, 0.25) is 0 Å². The van der Waals surface area contributed by atoms with Crippen LogP contribution in [0.5, 0.6) is 0 Å². The van der Waals surface area contributed by atoms with Gasteiger partial charge in [-0.3, -0.25) is 0 Å². The summed E-state index contributed by atoms with van der Waals surface area (Å²) in [6.45, 7) is 6.31. The molecule has 3 nitrogen and oxygen atoms in total. The van der Waals surface area contributed by atoms with Gasteiger partial charge < -0.3 is 10.0 Å². The minimum Gasteiger partial charge on any atom is -0.478 e. The molecule has 0 aliphatic carbocycles. The summed E-state index contributed by atoms with van der Waals surface area (Å²) in [7, 11) is 0. The lowest BCUT2D eigenvalue weighted by Gasteiger charge is -2.44. The van der Waals surface area contributed by atoms with E-state index >= 15 is 0 Å². The Morgan fingerprint density at radius 3 is 2.65 bits per heavy atom. The molecule has 2 rings (SSSR count). The van der Waals surface area contributed by atoms with Gasteiger partial charge in [0.1, 0.15) is 0 Å². The van der Waals surface area contributed by atoms with Gasteiger partial charge in [0.15, 0.2) is 0 Å². The summed E-state index contributed by atoms with van der Waals surface area (Å²) in [5.74, 6) is 0.458. The van der Waals surface area contributed by atoms with Gasteiger partial charge in [-0.2, -0.15) is 0 Å². The molecular formula is C13H16BrNO2. The van der Waals surface area contributed by atoms with Crippen molar-refractivity contribution in [2.75, 3.05) is 18.0 Å². The Labute approximate surface area is 110 Å². The van der Waals surface area contributed by atoms with Crippen LogP contribution in [0.3, 0.4) is 0 Å². The molecule has 0 amide bonds. The molecule has 17 heavy (non-hydrogen) atoms. The molecule has 0 aromatic heterocycles. The van der Waals surface area contributed by atoms with Crippen LogP contribution in [-0.2, 0) is 0 Å². The van der Waals surface area contributed by atoms with Crippen LogP contribution in [0.1, 0.15) is 24.2 Å². The van der Waals surface area contributed by atoms with Crippen LogP contribution in [-0.4, -0.2) is 24.2 Å². The van der Waals surface area contributed by atoms with E-state index in [1.165, 1.54) is 0 Å². The van der Waals surface area contributed by atoms with E-state index in [2.05, 4.69) is 34.7 Å². The molecule has 0 saturated carbocycles. The maximum Gasteiger partial charge on any atom is 0.337 e. The van der Waals surface area contributed by atoms with Crippen molar-refractivity contribution in [2.45, 2.75) is 13.8 Å². The summed E-state index contributed by atoms with van der Waals surface area (Å²) in [5, 5.41) is 9.19. The molecule has 1 aliphatic heterocycles. The zero-order chi connectivity index (χ0) is 12.6. The van der Waals surface area contributed by atoms with Crippen LogP contribution in [0.4, 0.5) is 5.69 Å². The number of carbonyl (C=O) groups is 1. The van der Waals surface area contributed by atoms with Gasteiger partial charge in [-0.05, 0) is 39.9 Å². The molecule has 1 N–H and O–H groups in total. The number of anilines is 1. The van der Waals surface area contributed by atoms with Crippen molar-refractivity contribution >= 4 is 27.6 Å². The van der Waals surface area contributed by atoms with Gasteiger partial charge in [0, 0.05) is 17.6 Å². The zero-order valence-corrected chi connectivity index (χ0v) is 11.6. The maximum atomic E-state index is 11.2. The number of rotatable bonds is 3. The first-order valence-electron chi connectivity index (χ1n) is 5.77. The Morgan fingerprint density at radius 1 is 1.47 bits per heavy atom. The fraction of sp³-hybridized carbons (Fsp3) is 0.462. The molecule has 0 atom stereocenters. The first-order valence-corrected chi connectivity index (χ1v) is 6.56. The molecule has 1 saturated heterocycles. The Balaban J connectivity index is 2.25. The molecule has 1 aromatic carbocycles. The molecule has 0 radical (unpaired) electrons. The second kappa shape index (κ2) is 4.69. The maximum absolute atomic E-state index is 11.2. The van der Waals surface area contributed by atoms with Crippen LogP contribution < -0.4 is 4.90 Å². The lowest BCUT2D eigenvalue weighted by atomic mass is 9.87. The summed E-state index contributed by atoms with van der Waals surface area (Å²) in [4.78, 5) is 13.3. The molecule has 92 valence electrons. The molecule has 1 fully saturated rings. The highest BCUT2D eigenvalue weighted by molar-refractivity contribution is 9.10. The number of aromatic carboxylic acids is 1. The average molecular weight is 298 g/mol. The normalized spacial score (nSPS) is 16.1. The van der Waals surface area contributed by atoms with Crippen molar-refractivity contribution < 1.29 is 9.90 Å². The summed E-state index contributed by atoms with van der Waals surface area (Å²) in [6, 6.07) is 5.31. The first-order chi connectivity index (χ1) is 8.00. The van der Waals surface area contributed by atoms with Crippen molar-refractivity contribution in [3.63, 3.8) is 0 Å². The first kappa shape index (κ1) is 12.4. The summed E-state index contributed by atoms with van der Waals surface area (Å²) >= 11 is 3.44. The van der Waals surface area contributed by atoms with Gasteiger partial charge >= 0.3 is 5.97 Å². The Morgan fingerprint density at radius 2 is 2.12 bits per heavy atom. The summed E-state index contributed by atoms with van der Waals surface area (Å²) in [6.07, 6.45) is 0. The number of halogens is 1. The van der Waals surface area contributed by atoms with Gasteiger partial charge in [-0.25, -0.2) is 4.79 Å². The van der Waals surface area contributed by atoms with Gasteiger partial charge in [-0.1, -0.05) is 19.9 Å². The standard InChI is InChI=1S/C13H16BrNO2/c1-8(2)9-6-15(7-9)12-10(13(16)17)4-3-5-11(12)14/h3-5,8-9H,6-7H2,1-2H3,(H,16,17). The summed E-state index contributed by atoms with van der Waals surface area (Å²) in [5.41, 5.74) is 1.19. The number of carboxylic acids is 1. The van der Waals surface area contributed by atoms with Crippen molar-refractivity contribution in [3.05, 3.63) is 28.2 Å². The van der Waals surface area contributed by atoms with Crippen LogP contribution in [0.15, 0.2) is 22.7 Å². The van der Waals surface area contributed by atoms with E-state index < -0.39 is 5.97 Å². The fourth-order valence-electron chi connectivity index (χ4n) is 2.13. The highest BCUT2D eigenvalue weighted by atomic mass is 79.9. The fourth-order valence-corrected chi connectivity index (χ4v) is 2.74. The van der Waals surface area contributed by atoms with Crippen molar-refractivity contribution in [3.8, 4) is 0 Å². The number of carboxylic acid groups (broad SMARTS) is 1. The monoisotopic (exact) mass is 297 g/mol. The van der Waals surface area contributed by atoms with E-state index in [4.69, 9.17) is 0 Å². The van der Waals surface area contributed by atoms with Crippen molar-refractivity contribution in [2.24, 2.45) is 11.8 Å². The molecule has 1 aromatic rings. The Bertz CT molecular complexity index is 439. The lowest BCUT2D eigenvalue weighted by Crippen LogP contribution is -2.49. The highest BCUT2D eigenvalue weighted by Crippen LogP contribution is 2.36. The predicted octanol–water partition coefficient (Wildman–Crippen LogP) is 3.24. The lowest BCUT2D eigenvalue weighted by molar-refractivity contribution is 0.0697. The van der Waals surface area contributed by atoms with Crippen LogP contribution in [0, 0.1) is 11.8 Å². The third kappa shape index (κ3) is 2.32. The van der Waals surface area contributed by atoms with Gasteiger partial charge in [0.05, 0.1) is 11.3 Å². The molecular weight excluding hydrogens is 282 g/mol. The van der Waals surface area contributed by atoms with Crippen LogP contribution in [0.2, 0.25) is 0 Å². The quantitative estimate of drug-likeness (QED) is 0.931. The van der Waals surface area contributed by atoms with E-state index in [0.29, 0.717) is 17.4 Å². The number of hydrogen-bond acceptors (Lipinski definition) is 2. The van der Waals surface area contributed by atoms with Gasteiger partial charge in [0.25, 0.3) is 0 Å². The topological polar surface area (TPSA) is 40.5 Å². The Hall–Kier alpha value is -1.03. The van der Waals surface area contributed by atoms with Crippen molar-refractivity contribution in [1.82, 2.24) is 0 Å². The average Bonchev–Trinajstić information content (AvgIpc) is 2.17.